The summed E-state index contributed by atoms with van der Waals surface area (Å²) in [5, 5.41) is 5.33. The van der Waals surface area contributed by atoms with E-state index in [1.165, 1.54) is 19.8 Å². The van der Waals surface area contributed by atoms with Crippen molar-refractivity contribution in [3.05, 3.63) is 0 Å². The molecule has 2 amide bonds. The van der Waals surface area contributed by atoms with Crippen LogP contribution < -0.4 is 10.6 Å². The van der Waals surface area contributed by atoms with Gasteiger partial charge in [0.2, 0.25) is 5.91 Å². The lowest BCUT2D eigenvalue weighted by Gasteiger charge is -2.02. The van der Waals surface area contributed by atoms with Crippen molar-refractivity contribution in [3.63, 3.8) is 0 Å². The van der Waals surface area contributed by atoms with Gasteiger partial charge in [-0.2, -0.15) is 0 Å². The average Bonchev–Trinajstić information content (AvgIpc) is 2.57. The number of alkyl carbamates (subject to hydrolysis) is 1. The molecule has 0 aliphatic rings. The summed E-state index contributed by atoms with van der Waals surface area (Å²) in [7, 11) is 0. The predicted molar refractivity (Wildman–Crippen MR) is 105 cm³/mol. The molecular weight excluding hydrogens is 320 g/mol. The highest BCUT2D eigenvalue weighted by molar-refractivity contribution is 5.72. The Morgan fingerprint density at radius 2 is 1.28 bits per heavy atom. The van der Waals surface area contributed by atoms with E-state index in [0.717, 1.165) is 52.0 Å². The van der Waals surface area contributed by atoms with Gasteiger partial charge in [-0.15, -0.1) is 0 Å². The summed E-state index contributed by atoms with van der Waals surface area (Å²) in [5.74, 6) is 0.0680. The van der Waals surface area contributed by atoms with Crippen LogP contribution in [0.1, 0.15) is 80.1 Å². The highest BCUT2D eigenvalue weighted by Gasteiger charge is 1.95. The Labute approximate surface area is 155 Å². The standard InChI is InChI=1S/C7H15NO2.C6H13NO.C6H14O/c1-3-5-6-8-7(9)10-4-2;1-3-4-5-7-6(2)8;1-3-5-6-7-4-2/h3-6H2,1-2H3,(H,8,9);3-5H2,1-2H3,(H,7,8);3-6H2,1-2H3. The fraction of sp³-hybridized carbons (Fsp3) is 0.895. The van der Waals surface area contributed by atoms with Crippen molar-refractivity contribution in [3.8, 4) is 0 Å². The van der Waals surface area contributed by atoms with E-state index in [1.807, 2.05) is 6.92 Å². The number of unbranched alkanes of at least 4 members (excludes halogenated alkanes) is 3. The Morgan fingerprint density at radius 3 is 1.68 bits per heavy atom. The molecule has 0 atom stereocenters. The molecule has 6 heteroatoms. The Bertz CT molecular complexity index is 270. The van der Waals surface area contributed by atoms with Crippen molar-refractivity contribution in [1.29, 1.82) is 0 Å². The second-order valence-electron chi connectivity index (χ2n) is 5.39. The summed E-state index contributed by atoms with van der Waals surface area (Å²) in [6.07, 6.45) is 6.45. The van der Waals surface area contributed by atoms with Crippen molar-refractivity contribution in [2.75, 3.05) is 32.9 Å². The predicted octanol–water partition coefficient (Wildman–Crippen LogP) is 4.28. The van der Waals surface area contributed by atoms with Crippen LogP contribution >= 0.6 is 0 Å². The maximum Gasteiger partial charge on any atom is 0.407 e. The summed E-state index contributed by atoms with van der Waals surface area (Å²) >= 11 is 0. The van der Waals surface area contributed by atoms with Gasteiger partial charge in [0.15, 0.2) is 0 Å². The monoisotopic (exact) mass is 362 g/mol. The zero-order valence-corrected chi connectivity index (χ0v) is 17.4. The minimum atomic E-state index is -0.309. The summed E-state index contributed by atoms with van der Waals surface area (Å²) in [6.45, 7) is 15.5. The second-order valence-corrected chi connectivity index (χ2v) is 5.39. The smallest absolute Gasteiger partial charge is 0.407 e. The van der Waals surface area contributed by atoms with E-state index in [1.54, 1.807) is 6.92 Å². The number of nitrogens with one attached hydrogen (secondary N) is 2. The lowest BCUT2D eigenvalue weighted by Crippen LogP contribution is -2.24. The lowest BCUT2D eigenvalue weighted by molar-refractivity contribution is -0.118. The molecule has 0 aromatic heterocycles. The second kappa shape index (κ2) is 27.5. The molecule has 0 heterocycles. The molecule has 0 fully saturated rings. The third kappa shape index (κ3) is 39.5. The van der Waals surface area contributed by atoms with Gasteiger partial charge in [0, 0.05) is 33.2 Å². The Morgan fingerprint density at radius 1 is 0.760 bits per heavy atom. The quantitative estimate of drug-likeness (QED) is 0.538. The van der Waals surface area contributed by atoms with E-state index < -0.39 is 0 Å². The molecule has 0 radical (unpaired) electrons. The van der Waals surface area contributed by atoms with Gasteiger partial charge in [0.25, 0.3) is 0 Å². The molecule has 0 saturated carbocycles. The first kappa shape index (κ1) is 28.5. The SMILES string of the molecule is CCCCNC(=O)OCC.CCCCNC(C)=O.CCCCOCC. The van der Waals surface area contributed by atoms with Crippen molar-refractivity contribution in [2.45, 2.75) is 80.1 Å². The first-order valence-corrected chi connectivity index (χ1v) is 9.72. The molecule has 152 valence electrons. The van der Waals surface area contributed by atoms with E-state index >= 15 is 0 Å². The summed E-state index contributed by atoms with van der Waals surface area (Å²) in [4.78, 5) is 20.8. The van der Waals surface area contributed by atoms with Crippen LogP contribution in [0.2, 0.25) is 0 Å². The highest BCUT2D eigenvalue weighted by atomic mass is 16.5. The Kier molecular flexibility index (Phi) is 31.4. The fourth-order valence-electron chi connectivity index (χ4n) is 1.38. The van der Waals surface area contributed by atoms with Crippen molar-refractivity contribution >= 4 is 12.0 Å². The van der Waals surface area contributed by atoms with Gasteiger partial charge in [-0.05, 0) is 33.1 Å². The summed E-state index contributed by atoms with van der Waals surface area (Å²) in [6, 6.07) is 0. The van der Waals surface area contributed by atoms with Crippen LogP contribution in [0.3, 0.4) is 0 Å². The molecule has 0 aromatic carbocycles. The van der Waals surface area contributed by atoms with E-state index in [2.05, 4.69) is 36.1 Å². The lowest BCUT2D eigenvalue weighted by atomic mass is 10.3. The zero-order chi connectivity index (χ0) is 19.8. The van der Waals surface area contributed by atoms with Gasteiger partial charge < -0.3 is 20.1 Å². The first-order valence-electron chi connectivity index (χ1n) is 9.72. The minimum absolute atomic E-state index is 0.0680. The number of rotatable bonds is 11. The Hall–Kier alpha value is -1.30. The van der Waals surface area contributed by atoms with E-state index in [9.17, 15) is 9.59 Å². The van der Waals surface area contributed by atoms with Crippen molar-refractivity contribution < 1.29 is 19.1 Å². The summed E-state index contributed by atoms with van der Waals surface area (Å²) in [5.41, 5.74) is 0. The molecule has 0 aromatic rings. The molecule has 0 unspecified atom stereocenters. The van der Waals surface area contributed by atoms with Gasteiger partial charge >= 0.3 is 6.09 Å². The molecule has 0 spiro atoms. The number of hydrogen-bond donors (Lipinski definition) is 2. The summed E-state index contributed by atoms with van der Waals surface area (Å²) < 4.78 is 9.71. The average molecular weight is 363 g/mol. The number of carbonyl (C=O) groups excluding carboxylic acids is 2. The van der Waals surface area contributed by atoms with Crippen LogP contribution in [0.25, 0.3) is 0 Å². The van der Waals surface area contributed by atoms with Crippen LogP contribution in [0.5, 0.6) is 0 Å². The molecule has 0 saturated heterocycles. The molecule has 0 rings (SSSR count). The fourth-order valence-corrected chi connectivity index (χ4v) is 1.38. The highest BCUT2D eigenvalue weighted by Crippen LogP contribution is 1.85. The largest absolute Gasteiger partial charge is 0.450 e. The number of hydrogen-bond acceptors (Lipinski definition) is 4. The maximum absolute atomic E-state index is 10.6. The van der Waals surface area contributed by atoms with Gasteiger partial charge in [-0.25, -0.2) is 4.79 Å². The van der Waals surface area contributed by atoms with Crippen LogP contribution in [0.15, 0.2) is 0 Å². The molecule has 0 aliphatic heterocycles. The number of amides is 2. The molecule has 2 N–H and O–H groups in total. The van der Waals surface area contributed by atoms with Crippen molar-refractivity contribution in [1.82, 2.24) is 10.6 Å². The molecule has 25 heavy (non-hydrogen) atoms. The van der Waals surface area contributed by atoms with Crippen LogP contribution in [-0.4, -0.2) is 44.9 Å². The molecule has 6 nitrogen and oxygen atoms in total. The van der Waals surface area contributed by atoms with Crippen LogP contribution in [-0.2, 0) is 14.3 Å². The van der Waals surface area contributed by atoms with Gasteiger partial charge in [0.05, 0.1) is 6.61 Å². The van der Waals surface area contributed by atoms with Crippen LogP contribution in [0.4, 0.5) is 4.79 Å². The van der Waals surface area contributed by atoms with E-state index in [-0.39, 0.29) is 12.0 Å². The van der Waals surface area contributed by atoms with Gasteiger partial charge in [0.1, 0.15) is 0 Å². The third-order valence-electron chi connectivity index (χ3n) is 2.83. The normalized spacial score (nSPS) is 9.04. The van der Waals surface area contributed by atoms with E-state index in [4.69, 9.17) is 4.74 Å². The molecular formula is C19H42N2O4. The van der Waals surface area contributed by atoms with Crippen molar-refractivity contribution in [2.24, 2.45) is 0 Å². The molecule has 0 bridgehead atoms. The third-order valence-corrected chi connectivity index (χ3v) is 2.83. The number of carbonyl (C=O) groups is 2. The van der Waals surface area contributed by atoms with E-state index in [0.29, 0.717) is 6.61 Å². The molecule has 0 aliphatic carbocycles. The zero-order valence-electron chi connectivity index (χ0n) is 17.4. The van der Waals surface area contributed by atoms with Crippen LogP contribution in [0, 0.1) is 0 Å². The first-order chi connectivity index (χ1) is 12.0. The topological polar surface area (TPSA) is 76.7 Å². The number of ether oxygens (including phenoxy) is 2. The van der Waals surface area contributed by atoms with Gasteiger partial charge in [-0.1, -0.05) is 40.0 Å². The Balaban J connectivity index is -0.000000296. The van der Waals surface area contributed by atoms with Gasteiger partial charge in [-0.3, -0.25) is 4.79 Å². The minimum Gasteiger partial charge on any atom is -0.450 e. The maximum atomic E-state index is 10.6.